The quantitative estimate of drug-likeness (QED) is 0.708. The molecule has 2 unspecified atom stereocenters. The molecule has 2 rings (SSSR count). The third-order valence-electron chi connectivity index (χ3n) is 4.35. The van der Waals surface area contributed by atoms with E-state index in [0.717, 1.165) is 6.42 Å². The molecule has 2 aliphatic rings. The molecule has 0 heterocycles. The van der Waals surface area contributed by atoms with Crippen LogP contribution in [0.3, 0.4) is 0 Å². The van der Waals surface area contributed by atoms with Crippen LogP contribution in [-0.4, -0.2) is 19.6 Å². The molecule has 2 atom stereocenters. The molecule has 0 N–H and O–H groups in total. The summed E-state index contributed by atoms with van der Waals surface area (Å²) in [5.74, 6) is -1.32. The molecule has 1 saturated carbocycles. The molecular formula is C15H21BrF2O. The number of allylic oxidation sites excluding steroid dienone is 4. The van der Waals surface area contributed by atoms with Crippen molar-refractivity contribution in [1.82, 2.24) is 0 Å². The summed E-state index contributed by atoms with van der Waals surface area (Å²) >= 11 is 3.62. The molecule has 0 amide bonds. The molecule has 1 fully saturated rings. The Balaban J connectivity index is 2.01. The molecule has 4 heteroatoms. The lowest BCUT2D eigenvalue weighted by atomic mass is 9.71. The summed E-state index contributed by atoms with van der Waals surface area (Å²) in [5, 5.41) is 0. The highest BCUT2D eigenvalue weighted by molar-refractivity contribution is 9.11. The van der Waals surface area contributed by atoms with E-state index in [2.05, 4.69) is 28.1 Å². The average molecular weight is 335 g/mol. The van der Waals surface area contributed by atoms with Crippen molar-refractivity contribution in [1.29, 1.82) is 0 Å². The van der Waals surface area contributed by atoms with Crippen LogP contribution < -0.4 is 0 Å². The minimum atomic E-state index is -2.44. The zero-order chi connectivity index (χ0) is 13.9. The summed E-state index contributed by atoms with van der Waals surface area (Å²) in [6, 6.07) is 0. The Bertz CT molecular complexity index is 355. The van der Waals surface area contributed by atoms with Crippen LogP contribution in [0, 0.1) is 17.8 Å². The molecular weight excluding hydrogens is 314 g/mol. The second kappa shape index (κ2) is 6.49. The van der Waals surface area contributed by atoms with Crippen molar-refractivity contribution in [3.63, 3.8) is 0 Å². The largest absolute Gasteiger partial charge is 0.385 e. The molecule has 0 aliphatic heterocycles. The van der Waals surface area contributed by atoms with Gasteiger partial charge in [-0.3, -0.25) is 0 Å². The van der Waals surface area contributed by atoms with E-state index in [9.17, 15) is 8.78 Å². The van der Waals surface area contributed by atoms with E-state index in [0.29, 0.717) is 37.2 Å². The molecule has 0 aromatic rings. The summed E-state index contributed by atoms with van der Waals surface area (Å²) in [6.07, 6.45) is 8.59. The van der Waals surface area contributed by atoms with E-state index in [-0.39, 0.29) is 12.8 Å². The van der Waals surface area contributed by atoms with Gasteiger partial charge in [0.05, 0.1) is 0 Å². The van der Waals surface area contributed by atoms with Crippen molar-refractivity contribution < 1.29 is 13.5 Å². The fraction of sp³-hybridized carbons (Fsp3) is 0.733. The Labute approximate surface area is 122 Å². The molecule has 0 aromatic carbocycles. The van der Waals surface area contributed by atoms with Crippen molar-refractivity contribution in [2.24, 2.45) is 17.8 Å². The Kier molecular flexibility index (Phi) is 5.18. The SMILES string of the molecule is COCCC1C(Br)=CC=CC1C1CCC(F)(F)CC1. The average Bonchev–Trinajstić information content (AvgIpc) is 2.37. The van der Waals surface area contributed by atoms with Gasteiger partial charge in [-0.15, -0.1) is 0 Å². The third-order valence-corrected chi connectivity index (χ3v) is 5.20. The summed E-state index contributed by atoms with van der Waals surface area (Å²) < 4.78 is 32.9. The van der Waals surface area contributed by atoms with Crippen LogP contribution in [0.5, 0.6) is 0 Å². The first-order valence-electron chi connectivity index (χ1n) is 6.94. The van der Waals surface area contributed by atoms with E-state index < -0.39 is 5.92 Å². The Morgan fingerprint density at radius 3 is 2.68 bits per heavy atom. The molecule has 2 aliphatic carbocycles. The second-order valence-electron chi connectivity index (χ2n) is 5.60. The standard InChI is InChI=1S/C15H21BrF2O/c1-19-10-7-13-12(3-2-4-14(13)16)11-5-8-15(17,18)9-6-11/h2-4,11-13H,5-10H2,1H3. The Morgan fingerprint density at radius 2 is 2.05 bits per heavy atom. The molecule has 0 radical (unpaired) electrons. The van der Waals surface area contributed by atoms with Crippen molar-refractivity contribution in [2.45, 2.75) is 38.0 Å². The van der Waals surface area contributed by atoms with E-state index in [1.165, 1.54) is 4.48 Å². The lowest BCUT2D eigenvalue weighted by molar-refractivity contribution is -0.0523. The van der Waals surface area contributed by atoms with Gasteiger partial charge in [0, 0.05) is 26.6 Å². The van der Waals surface area contributed by atoms with E-state index in [1.54, 1.807) is 7.11 Å². The first kappa shape index (κ1) is 15.2. The maximum atomic E-state index is 13.3. The predicted molar refractivity (Wildman–Crippen MR) is 76.5 cm³/mol. The zero-order valence-corrected chi connectivity index (χ0v) is 12.8. The minimum absolute atomic E-state index is 0.0420. The van der Waals surface area contributed by atoms with E-state index in [4.69, 9.17) is 4.74 Å². The lowest BCUT2D eigenvalue weighted by Crippen LogP contribution is -2.32. The third kappa shape index (κ3) is 3.88. The second-order valence-corrected chi connectivity index (χ2v) is 6.51. The summed E-state index contributed by atoms with van der Waals surface area (Å²) in [5.41, 5.74) is 0. The van der Waals surface area contributed by atoms with Gasteiger partial charge in [-0.25, -0.2) is 8.78 Å². The molecule has 0 saturated heterocycles. The number of ether oxygens (including phenoxy) is 1. The van der Waals surface area contributed by atoms with Crippen LogP contribution in [0.2, 0.25) is 0 Å². The maximum Gasteiger partial charge on any atom is 0.248 e. The monoisotopic (exact) mass is 334 g/mol. The van der Waals surface area contributed by atoms with Crippen LogP contribution in [0.15, 0.2) is 22.7 Å². The van der Waals surface area contributed by atoms with Gasteiger partial charge in [-0.2, -0.15) is 0 Å². The van der Waals surface area contributed by atoms with Gasteiger partial charge in [-0.1, -0.05) is 34.2 Å². The summed E-state index contributed by atoms with van der Waals surface area (Å²) in [6.45, 7) is 0.709. The highest BCUT2D eigenvalue weighted by atomic mass is 79.9. The summed E-state index contributed by atoms with van der Waals surface area (Å²) in [4.78, 5) is 0. The van der Waals surface area contributed by atoms with Crippen molar-refractivity contribution in [2.75, 3.05) is 13.7 Å². The molecule has 0 spiro atoms. The highest BCUT2D eigenvalue weighted by Crippen LogP contribution is 2.45. The first-order valence-corrected chi connectivity index (χ1v) is 7.73. The van der Waals surface area contributed by atoms with Gasteiger partial charge in [0.25, 0.3) is 0 Å². The molecule has 1 nitrogen and oxygen atoms in total. The van der Waals surface area contributed by atoms with Gasteiger partial charge in [0.1, 0.15) is 0 Å². The first-order chi connectivity index (χ1) is 9.03. The number of hydrogen-bond donors (Lipinski definition) is 0. The molecule has 0 aromatic heterocycles. The molecule has 0 bridgehead atoms. The zero-order valence-electron chi connectivity index (χ0n) is 11.2. The summed E-state index contributed by atoms with van der Waals surface area (Å²) in [7, 11) is 1.70. The highest BCUT2D eigenvalue weighted by Gasteiger charge is 2.39. The van der Waals surface area contributed by atoms with Crippen LogP contribution in [0.4, 0.5) is 8.78 Å². The fourth-order valence-electron chi connectivity index (χ4n) is 3.23. The van der Waals surface area contributed by atoms with Gasteiger partial charge in [0.15, 0.2) is 0 Å². The minimum Gasteiger partial charge on any atom is -0.385 e. The van der Waals surface area contributed by atoms with Gasteiger partial charge in [0.2, 0.25) is 5.92 Å². The van der Waals surface area contributed by atoms with Gasteiger partial charge >= 0.3 is 0 Å². The number of halogens is 3. The number of hydrogen-bond acceptors (Lipinski definition) is 1. The van der Waals surface area contributed by atoms with Crippen LogP contribution in [0.1, 0.15) is 32.1 Å². The maximum absolute atomic E-state index is 13.3. The van der Waals surface area contributed by atoms with Crippen LogP contribution in [-0.2, 0) is 4.74 Å². The Morgan fingerprint density at radius 1 is 1.37 bits per heavy atom. The number of methoxy groups -OCH3 is 1. The van der Waals surface area contributed by atoms with Crippen LogP contribution >= 0.6 is 15.9 Å². The predicted octanol–water partition coefficient (Wildman–Crippen LogP) is 4.93. The van der Waals surface area contributed by atoms with Crippen molar-refractivity contribution in [3.05, 3.63) is 22.7 Å². The Hall–Kier alpha value is -0.220. The molecule has 108 valence electrons. The lowest BCUT2D eigenvalue weighted by Gasteiger charge is -2.37. The smallest absolute Gasteiger partial charge is 0.248 e. The molecule has 19 heavy (non-hydrogen) atoms. The normalized spacial score (nSPS) is 31.3. The van der Waals surface area contributed by atoms with E-state index in [1.807, 2.05) is 6.08 Å². The number of alkyl halides is 2. The number of rotatable bonds is 4. The fourth-order valence-corrected chi connectivity index (χ4v) is 3.91. The van der Waals surface area contributed by atoms with E-state index >= 15 is 0 Å². The van der Waals surface area contributed by atoms with Gasteiger partial charge in [-0.05, 0) is 41.5 Å². The van der Waals surface area contributed by atoms with Gasteiger partial charge < -0.3 is 4.74 Å². The van der Waals surface area contributed by atoms with Crippen molar-refractivity contribution in [3.8, 4) is 0 Å². The van der Waals surface area contributed by atoms with Crippen molar-refractivity contribution >= 4 is 15.9 Å². The van der Waals surface area contributed by atoms with Crippen LogP contribution in [0.25, 0.3) is 0 Å². The topological polar surface area (TPSA) is 9.23 Å².